The third-order valence-electron chi connectivity index (χ3n) is 5.69. The van der Waals surface area contributed by atoms with Crippen molar-refractivity contribution in [1.82, 2.24) is 14.9 Å². The molecule has 0 aliphatic carbocycles. The summed E-state index contributed by atoms with van der Waals surface area (Å²) in [7, 11) is 0. The zero-order valence-corrected chi connectivity index (χ0v) is 15.2. The third-order valence-corrected chi connectivity index (χ3v) is 5.69. The van der Waals surface area contributed by atoms with E-state index >= 15 is 0 Å². The molecule has 0 amide bonds. The molecule has 2 fully saturated rings. The molecule has 0 spiro atoms. The van der Waals surface area contributed by atoms with Crippen LogP contribution in [0.4, 0.5) is 16.0 Å². The fraction of sp³-hybridized carbons (Fsp3) is 0.579. The number of nitrogen functional groups attached to an aromatic ring is 1. The Labute approximate surface area is 149 Å². The van der Waals surface area contributed by atoms with Crippen molar-refractivity contribution in [2.75, 3.05) is 30.3 Å². The van der Waals surface area contributed by atoms with Gasteiger partial charge in [-0.1, -0.05) is 25.7 Å². The molecular weight excluding hydrogens is 317 g/mol. The molecule has 0 saturated carbocycles. The summed E-state index contributed by atoms with van der Waals surface area (Å²) in [6.07, 6.45) is 4.59. The Kier molecular flexibility index (Phi) is 4.97. The minimum absolute atomic E-state index is 0.0976. The van der Waals surface area contributed by atoms with Gasteiger partial charge in [0.05, 0.1) is 6.04 Å². The van der Waals surface area contributed by atoms with E-state index in [1.54, 1.807) is 0 Å². The van der Waals surface area contributed by atoms with Gasteiger partial charge in [0, 0.05) is 31.2 Å². The molecule has 6 heteroatoms. The van der Waals surface area contributed by atoms with Crippen molar-refractivity contribution < 1.29 is 4.39 Å². The summed E-state index contributed by atoms with van der Waals surface area (Å²) in [5.41, 5.74) is 8.00. The summed E-state index contributed by atoms with van der Waals surface area (Å²) in [4.78, 5) is 12.3. The van der Waals surface area contributed by atoms with Gasteiger partial charge in [0.15, 0.2) is 11.6 Å². The Morgan fingerprint density at radius 1 is 1.32 bits per heavy atom. The fourth-order valence-corrected chi connectivity index (χ4v) is 4.15. The van der Waals surface area contributed by atoms with E-state index in [9.17, 15) is 4.39 Å². The lowest BCUT2D eigenvalue weighted by atomic mass is 9.83. The predicted molar refractivity (Wildman–Crippen MR) is 99.6 cm³/mol. The van der Waals surface area contributed by atoms with Gasteiger partial charge in [0.25, 0.3) is 0 Å². The minimum Gasteiger partial charge on any atom is -0.381 e. The monoisotopic (exact) mass is 345 g/mol. The molecule has 3 unspecified atom stereocenters. The van der Waals surface area contributed by atoms with Gasteiger partial charge in [-0.25, -0.2) is 9.97 Å². The van der Waals surface area contributed by atoms with Crippen molar-refractivity contribution in [2.24, 2.45) is 11.8 Å². The third kappa shape index (κ3) is 3.34. The van der Waals surface area contributed by atoms with E-state index in [0.717, 1.165) is 25.9 Å². The lowest BCUT2D eigenvalue weighted by Crippen LogP contribution is -2.54. The molecule has 2 aliphatic rings. The number of nitrogens with two attached hydrogens (primary N) is 1. The lowest BCUT2D eigenvalue weighted by molar-refractivity contribution is 0.139. The molecule has 25 heavy (non-hydrogen) atoms. The van der Waals surface area contributed by atoms with Crippen molar-refractivity contribution in [3.63, 3.8) is 0 Å². The number of anilines is 2. The summed E-state index contributed by atoms with van der Waals surface area (Å²) >= 11 is 0. The van der Waals surface area contributed by atoms with E-state index in [2.05, 4.69) is 41.9 Å². The van der Waals surface area contributed by atoms with Gasteiger partial charge < -0.3 is 15.5 Å². The van der Waals surface area contributed by atoms with Crippen LogP contribution in [0.3, 0.4) is 0 Å². The van der Waals surface area contributed by atoms with Crippen molar-refractivity contribution in [2.45, 2.75) is 39.2 Å². The molecule has 0 radical (unpaired) electrons. The van der Waals surface area contributed by atoms with Crippen LogP contribution in [0.2, 0.25) is 0 Å². The van der Waals surface area contributed by atoms with Crippen LogP contribution in [-0.4, -0.2) is 40.5 Å². The van der Waals surface area contributed by atoms with Crippen LogP contribution >= 0.6 is 0 Å². The second-order valence-corrected chi connectivity index (χ2v) is 7.38. The zero-order chi connectivity index (χ0) is 18.1. The number of nitrogens with zero attached hydrogens (tertiary/aromatic N) is 4. The van der Waals surface area contributed by atoms with Crippen molar-refractivity contribution in [1.29, 1.82) is 0 Å². The Bertz CT molecular complexity index is 674. The first kappa shape index (κ1) is 17.7. The number of piperidine rings is 2. The number of rotatable bonds is 3. The van der Waals surface area contributed by atoms with E-state index in [0.29, 0.717) is 24.2 Å². The zero-order valence-electron chi connectivity index (χ0n) is 15.2. The largest absolute Gasteiger partial charge is 0.381 e. The molecule has 2 saturated heterocycles. The van der Waals surface area contributed by atoms with E-state index in [-0.39, 0.29) is 11.9 Å². The molecule has 1 aromatic heterocycles. The fourth-order valence-electron chi connectivity index (χ4n) is 4.15. The smallest absolute Gasteiger partial charge is 0.207 e. The Morgan fingerprint density at radius 3 is 2.80 bits per heavy atom. The standard InChI is InChI=1S/C19H28FN5/c1-12(2)15-7-9-24(19-17(20)18(21)22-11-23-19)10-16(15)25-8-5-6-13(3)14(25)4/h11,13,15-16H,1,4-10H2,2-3H3,(H2,21,22,23). The molecule has 0 aromatic carbocycles. The maximum Gasteiger partial charge on any atom is 0.207 e. The summed E-state index contributed by atoms with van der Waals surface area (Å²) in [5.74, 6) is 0.538. The number of likely N-dealkylation sites (tertiary alicyclic amines) is 1. The van der Waals surface area contributed by atoms with Crippen LogP contribution in [0.5, 0.6) is 0 Å². The SMILES string of the molecule is C=C(C)C1CCN(c2ncnc(N)c2F)CC1N1CCCC(C)C1=C. The van der Waals surface area contributed by atoms with Crippen LogP contribution in [0, 0.1) is 17.7 Å². The molecule has 2 N–H and O–H groups in total. The van der Waals surface area contributed by atoms with E-state index in [4.69, 9.17) is 5.73 Å². The second kappa shape index (κ2) is 7.02. The van der Waals surface area contributed by atoms with Gasteiger partial charge in [0.1, 0.15) is 6.33 Å². The van der Waals surface area contributed by atoms with Crippen molar-refractivity contribution in [3.05, 3.63) is 36.6 Å². The molecule has 3 heterocycles. The number of halogens is 1. The highest BCUT2D eigenvalue weighted by Gasteiger charge is 2.37. The van der Waals surface area contributed by atoms with Crippen molar-refractivity contribution in [3.8, 4) is 0 Å². The first-order valence-electron chi connectivity index (χ1n) is 9.02. The highest BCUT2D eigenvalue weighted by Crippen LogP contribution is 2.36. The van der Waals surface area contributed by atoms with Crippen LogP contribution in [0.15, 0.2) is 30.8 Å². The quantitative estimate of drug-likeness (QED) is 0.853. The molecule has 0 bridgehead atoms. The minimum atomic E-state index is -0.527. The molecule has 5 nitrogen and oxygen atoms in total. The van der Waals surface area contributed by atoms with Gasteiger partial charge in [0.2, 0.25) is 5.82 Å². The van der Waals surface area contributed by atoms with E-state index in [1.807, 2.05) is 4.90 Å². The van der Waals surface area contributed by atoms with Gasteiger partial charge in [-0.3, -0.25) is 0 Å². The van der Waals surface area contributed by atoms with Crippen LogP contribution < -0.4 is 10.6 Å². The Morgan fingerprint density at radius 2 is 2.08 bits per heavy atom. The summed E-state index contributed by atoms with van der Waals surface area (Å²) < 4.78 is 14.4. The van der Waals surface area contributed by atoms with Gasteiger partial charge >= 0.3 is 0 Å². The first-order valence-corrected chi connectivity index (χ1v) is 9.02. The number of allylic oxidation sites excluding steroid dienone is 1. The maximum atomic E-state index is 14.4. The molecule has 3 rings (SSSR count). The first-order chi connectivity index (χ1) is 11.9. The van der Waals surface area contributed by atoms with E-state index < -0.39 is 5.82 Å². The number of hydrogen-bond acceptors (Lipinski definition) is 5. The molecule has 2 aliphatic heterocycles. The second-order valence-electron chi connectivity index (χ2n) is 7.38. The molecule has 1 aromatic rings. The van der Waals surface area contributed by atoms with Gasteiger partial charge in [-0.15, -0.1) is 0 Å². The average Bonchev–Trinajstić information content (AvgIpc) is 2.59. The van der Waals surface area contributed by atoms with Crippen LogP contribution in [-0.2, 0) is 0 Å². The lowest BCUT2D eigenvalue weighted by Gasteiger charge is -2.49. The van der Waals surface area contributed by atoms with Crippen molar-refractivity contribution >= 4 is 11.6 Å². The van der Waals surface area contributed by atoms with Gasteiger partial charge in [-0.05, 0) is 32.1 Å². The number of hydrogen-bond donors (Lipinski definition) is 1. The summed E-state index contributed by atoms with van der Waals surface area (Å²) in [6, 6.07) is 0.233. The Balaban J connectivity index is 1.88. The average molecular weight is 345 g/mol. The van der Waals surface area contributed by atoms with Crippen LogP contribution in [0.1, 0.15) is 33.1 Å². The normalized spacial score (nSPS) is 27.5. The van der Waals surface area contributed by atoms with Crippen LogP contribution in [0.25, 0.3) is 0 Å². The molecule has 136 valence electrons. The predicted octanol–water partition coefficient (Wildman–Crippen LogP) is 3.21. The highest BCUT2D eigenvalue weighted by atomic mass is 19.1. The highest BCUT2D eigenvalue weighted by molar-refractivity contribution is 5.49. The van der Waals surface area contributed by atoms with Gasteiger partial charge in [-0.2, -0.15) is 4.39 Å². The van der Waals surface area contributed by atoms with E-state index in [1.165, 1.54) is 24.0 Å². The topological polar surface area (TPSA) is 58.3 Å². The maximum absolute atomic E-state index is 14.4. The Hall–Kier alpha value is -2.11. The molecular formula is C19H28FN5. The number of aromatic nitrogens is 2. The summed E-state index contributed by atoms with van der Waals surface area (Å²) in [6.45, 7) is 15.3. The summed E-state index contributed by atoms with van der Waals surface area (Å²) in [5, 5.41) is 0. The molecule has 3 atom stereocenters.